The zero-order valence-electron chi connectivity index (χ0n) is 15.0. The summed E-state index contributed by atoms with van der Waals surface area (Å²) in [6, 6.07) is 11.1. The van der Waals surface area contributed by atoms with Crippen LogP contribution in [-0.2, 0) is 10.8 Å². The molecule has 2 aliphatic rings. The monoisotopic (exact) mass is 327 g/mol. The highest BCUT2D eigenvalue weighted by Gasteiger charge is 2.45. The molecule has 0 aliphatic carbocycles. The van der Waals surface area contributed by atoms with Crippen LogP contribution in [0.4, 0.5) is 17.1 Å². The Morgan fingerprint density at radius 3 is 1.64 bits per heavy atom. The van der Waals surface area contributed by atoms with Crippen molar-refractivity contribution in [2.24, 2.45) is 0 Å². The molecule has 0 amide bonds. The average Bonchev–Trinajstić information content (AvgIpc) is 2.61. The number of pyridine rings is 2. The largest absolute Gasteiger partial charge is 0.306 e. The number of benzene rings is 1. The number of anilines is 3. The number of nitrogens with zero attached hydrogens (tertiary/aromatic N) is 3. The zero-order chi connectivity index (χ0) is 17.4. The van der Waals surface area contributed by atoms with E-state index in [0.29, 0.717) is 0 Å². The number of hydrogen-bond donors (Lipinski definition) is 0. The van der Waals surface area contributed by atoms with Gasteiger partial charge in [0, 0.05) is 23.2 Å². The van der Waals surface area contributed by atoms with Crippen molar-refractivity contribution in [2.75, 3.05) is 4.90 Å². The van der Waals surface area contributed by atoms with Gasteiger partial charge in [-0.1, -0.05) is 45.9 Å². The van der Waals surface area contributed by atoms with Gasteiger partial charge in [0.05, 0.1) is 29.5 Å². The van der Waals surface area contributed by atoms with Crippen LogP contribution >= 0.6 is 0 Å². The Labute approximate surface area is 148 Å². The fourth-order valence-electron chi connectivity index (χ4n) is 4.64. The lowest BCUT2D eigenvalue weighted by Gasteiger charge is -2.48. The van der Waals surface area contributed by atoms with E-state index >= 15 is 0 Å². The van der Waals surface area contributed by atoms with Crippen LogP contribution in [0.5, 0.6) is 0 Å². The molecule has 25 heavy (non-hydrogen) atoms. The Bertz CT molecular complexity index is 940. The highest BCUT2D eigenvalue weighted by atomic mass is 15.2. The maximum atomic E-state index is 4.44. The summed E-state index contributed by atoms with van der Waals surface area (Å²) in [5.74, 6) is 0. The fraction of sp³-hybridized carbons (Fsp3) is 0.273. The predicted molar refractivity (Wildman–Crippen MR) is 101 cm³/mol. The van der Waals surface area contributed by atoms with Crippen molar-refractivity contribution in [3.05, 3.63) is 77.4 Å². The summed E-state index contributed by atoms with van der Waals surface area (Å²) in [7, 11) is 0. The van der Waals surface area contributed by atoms with Gasteiger partial charge in [-0.3, -0.25) is 9.97 Å². The molecule has 0 N–H and O–H groups in total. The van der Waals surface area contributed by atoms with E-state index in [2.05, 4.69) is 72.9 Å². The van der Waals surface area contributed by atoms with Crippen LogP contribution in [0.25, 0.3) is 0 Å². The summed E-state index contributed by atoms with van der Waals surface area (Å²) >= 11 is 0. The van der Waals surface area contributed by atoms with Crippen LogP contribution in [0.1, 0.15) is 49.9 Å². The zero-order valence-corrected chi connectivity index (χ0v) is 15.0. The van der Waals surface area contributed by atoms with Crippen molar-refractivity contribution < 1.29 is 0 Å². The first-order chi connectivity index (χ1) is 11.9. The second-order valence-electron chi connectivity index (χ2n) is 8.07. The molecule has 0 saturated heterocycles. The standard InChI is InChI=1S/C22H21N3/c1-21(2)14-8-10-23-12-18(14)25-19-13-24-11-9-15(19)22(3,4)17-7-5-6-16(21)20(17)25/h5-13H,1-4H3. The minimum absolute atomic E-state index is 0.0596. The van der Waals surface area contributed by atoms with Gasteiger partial charge in [-0.2, -0.15) is 0 Å². The van der Waals surface area contributed by atoms with Gasteiger partial charge in [-0.05, 0) is 34.4 Å². The molecule has 0 atom stereocenters. The molecule has 0 radical (unpaired) electrons. The quantitative estimate of drug-likeness (QED) is 0.566. The van der Waals surface area contributed by atoms with Gasteiger partial charge in [0.2, 0.25) is 0 Å². The van der Waals surface area contributed by atoms with Gasteiger partial charge >= 0.3 is 0 Å². The van der Waals surface area contributed by atoms with Crippen molar-refractivity contribution in [2.45, 2.75) is 38.5 Å². The van der Waals surface area contributed by atoms with Gasteiger partial charge in [-0.25, -0.2) is 0 Å². The minimum atomic E-state index is -0.0596. The van der Waals surface area contributed by atoms with Crippen molar-refractivity contribution in [1.29, 1.82) is 0 Å². The molecule has 124 valence electrons. The first-order valence-electron chi connectivity index (χ1n) is 8.77. The Morgan fingerprint density at radius 2 is 1.16 bits per heavy atom. The van der Waals surface area contributed by atoms with E-state index in [1.54, 1.807) is 0 Å². The van der Waals surface area contributed by atoms with Crippen molar-refractivity contribution in [3.8, 4) is 0 Å². The van der Waals surface area contributed by atoms with E-state index in [-0.39, 0.29) is 10.8 Å². The average molecular weight is 327 g/mol. The maximum absolute atomic E-state index is 4.44. The molecule has 5 rings (SSSR count). The topological polar surface area (TPSA) is 29.0 Å². The number of rotatable bonds is 0. The van der Waals surface area contributed by atoms with Crippen molar-refractivity contribution >= 4 is 17.1 Å². The molecular formula is C22H21N3. The summed E-state index contributed by atoms with van der Waals surface area (Å²) in [5, 5.41) is 0. The SMILES string of the molecule is CC1(C)c2ccncc2N2c3cnccc3C(C)(C)c3cccc1c32. The second kappa shape index (κ2) is 4.48. The first-order valence-corrected chi connectivity index (χ1v) is 8.77. The van der Waals surface area contributed by atoms with Crippen molar-refractivity contribution in [1.82, 2.24) is 9.97 Å². The highest BCUT2D eigenvalue weighted by molar-refractivity contribution is 5.91. The molecule has 3 nitrogen and oxygen atoms in total. The van der Waals surface area contributed by atoms with Crippen LogP contribution in [0, 0.1) is 0 Å². The lowest BCUT2D eigenvalue weighted by atomic mass is 9.67. The molecule has 0 unspecified atom stereocenters. The molecule has 2 aromatic heterocycles. The van der Waals surface area contributed by atoms with E-state index < -0.39 is 0 Å². The molecule has 0 fully saturated rings. The second-order valence-corrected chi connectivity index (χ2v) is 8.07. The molecule has 3 aromatic rings. The van der Waals surface area contributed by atoms with Gasteiger partial charge in [0.15, 0.2) is 0 Å². The van der Waals surface area contributed by atoms with Crippen molar-refractivity contribution in [3.63, 3.8) is 0 Å². The third kappa shape index (κ3) is 1.66. The highest BCUT2D eigenvalue weighted by Crippen LogP contribution is 2.59. The first kappa shape index (κ1) is 14.6. The van der Waals surface area contributed by atoms with E-state index in [9.17, 15) is 0 Å². The summed E-state index contributed by atoms with van der Waals surface area (Å²) in [6.07, 6.45) is 7.78. The molecule has 0 saturated carbocycles. The van der Waals surface area contributed by atoms with Crippen LogP contribution in [0.15, 0.2) is 55.1 Å². The number of aromatic nitrogens is 2. The van der Waals surface area contributed by atoms with Crippen LogP contribution in [0.3, 0.4) is 0 Å². The third-order valence-corrected chi connectivity index (χ3v) is 6.03. The fourth-order valence-corrected chi connectivity index (χ4v) is 4.64. The molecule has 4 heterocycles. The molecule has 3 heteroatoms. The summed E-state index contributed by atoms with van der Waals surface area (Å²) < 4.78 is 0. The molecule has 1 aromatic carbocycles. The van der Waals surface area contributed by atoms with Crippen LogP contribution in [0.2, 0.25) is 0 Å². The van der Waals surface area contributed by atoms with E-state index in [0.717, 1.165) is 11.4 Å². The Hall–Kier alpha value is -2.68. The molecule has 2 aliphatic heterocycles. The Kier molecular flexibility index (Phi) is 2.63. The van der Waals surface area contributed by atoms with Crippen LogP contribution in [-0.4, -0.2) is 9.97 Å². The third-order valence-electron chi connectivity index (χ3n) is 6.03. The summed E-state index contributed by atoms with van der Waals surface area (Å²) in [4.78, 5) is 11.2. The Balaban J connectivity index is 1.97. The van der Waals surface area contributed by atoms with Gasteiger partial charge in [0.1, 0.15) is 0 Å². The van der Waals surface area contributed by atoms with E-state index in [1.807, 2.05) is 24.8 Å². The molecule has 0 bridgehead atoms. The van der Waals surface area contributed by atoms with E-state index in [1.165, 1.54) is 27.9 Å². The number of para-hydroxylation sites is 1. The summed E-state index contributed by atoms with van der Waals surface area (Å²) in [6.45, 7) is 9.24. The van der Waals surface area contributed by atoms with Gasteiger partial charge < -0.3 is 4.90 Å². The maximum Gasteiger partial charge on any atom is 0.0686 e. The lowest BCUT2D eigenvalue weighted by Crippen LogP contribution is -2.38. The molecule has 0 spiro atoms. The number of fused-ring (bicyclic) bond motifs is 4. The number of hydrogen-bond acceptors (Lipinski definition) is 3. The smallest absolute Gasteiger partial charge is 0.0686 e. The predicted octanol–water partition coefficient (Wildman–Crippen LogP) is 5.23. The van der Waals surface area contributed by atoms with Gasteiger partial charge in [0.25, 0.3) is 0 Å². The summed E-state index contributed by atoms with van der Waals surface area (Å²) in [5.41, 5.74) is 8.86. The molecular weight excluding hydrogens is 306 g/mol. The minimum Gasteiger partial charge on any atom is -0.306 e. The van der Waals surface area contributed by atoms with Gasteiger partial charge in [-0.15, -0.1) is 0 Å². The van der Waals surface area contributed by atoms with E-state index in [4.69, 9.17) is 0 Å². The normalized spacial score (nSPS) is 18.2. The lowest BCUT2D eigenvalue weighted by molar-refractivity contribution is 0.595. The Morgan fingerprint density at radius 1 is 0.680 bits per heavy atom. The van der Waals surface area contributed by atoms with Crippen LogP contribution < -0.4 is 4.90 Å².